The van der Waals surface area contributed by atoms with Gasteiger partial charge in [-0.3, -0.25) is 0 Å². The molecule has 2 aromatic rings. The van der Waals surface area contributed by atoms with Gasteiger partial charge in [-0.05, 0) is 70.3 Å². The largest absolute Gasteiger partial charge is 0.310 e. The molecular weight excluding hydrogens is 377 g/mol. The predicted octanol–water partition coefficient (Wildman–Crippen LogP) is 4.90. The Labute approximate surface area is 131 Å². The van der Waals surface area contributed by atoms with Crippen LogP contribution >= 0.6 is 45.5 Å². The topological polar surface area (TPSA) is 12.0 Å². The van der Waals surface area contributed by atoms with E-state index in [1.54, 1.807) is 11.3 Å². The van der Waals surface area contributed by atoms with Gasteiger partial charge in [-0.15, -0.1) is 11.3 Å². The number of thiophene rings is 1. The van der Waals surface area contributed by atoms with Gasteiger partial charge in [-0.1, -0.05) is 30.7 Å². The minimum absolute atomic E-state index is 0.369. The van der Waals surface area contributed by atoms with Crippen molar-refractivity contribution in [2.75, 3.05) is 6.54 Å². The maximum absolute atomic E-state index is 6.04. The van der Waals surface area contributed by atoms with E-state index in [4.69, 9.17) is 11.6 Å². The third-order valence-electron chi connectivity index (χ3n) is 2.77. The van der Waals surface area contributed by atoms with E-state index in [1.165, 1.54) is 14.0 Å². The molecular formula is C14H15ClINS. The van der Waals surface area contributed by atoms with E-state index >= 15 is 0 Å². The van der Waals surface area contributed by atoms with Crippen LogP contribution in [0.4, 0.5) is 0 Å². The summed E-state index contributed by atoms with van der Waals surface area (Å²) in [6, 6.07) is 10.7. The molecule has 0 amide bonds. The van der Waals surface area contributed by atoms with Crippen molar-refractivity contribution in [2.45, 2.75) is 19.4 Å². The summed E-state index contributed by atoms with van der Waals surface area (Å²) in [6.07, 6.45) is 0.973. The van der Waals surface area contributed by atoms with Crippen molar-refractivity contribution in [1.82, 2.24) is 5.32 Å². The predicted molar refractivity (Wildman–Crippen MR) is 88.6 cm³/mol. The van der Waals surface area contributed by atoms with Gasteiger partial charge in [0.15, 0.2) is 0 Å². The van der Waals surface area contributed by atoms with E-state index in [2.05, 4.69) is 52.3 Å². The maximum Gasteiger partial charge on any atom is 0.0656 e. The second-order valence-electron chi connectivity index (χ2n) is 4.13. The average Bonchev–Trinajstić information content (AvgIpc) is 2.75. The maximum atomic E-state index is 6.04. The van der Waals surface area contributed by atoms with E-state index in [-0.39, 0.29) is 0 Å². The molecule has 96 valence electrons. The van der Waals surface area contributed by atoms with Crippen molar-refractivity contribution in [2.24, 2.45) is 0 Å². The van der Waals surface area contributed by atoms with Gasteiger partial charge in [0.05, 0.1) is 2.88 Å². The molecule has 4 heteroatoms. The number of likely N-dealkylation sites (N-methyl/N-ethyl adjacent to an activating group) is 1. The first-order chi connectivity index (χ1) is 8.69. The molecule has 1 nitrogen and oxygen atoms in total. The van der Waals surface area contributed by atoms with Gasteiger partial charge in [0.25, 0.3) is 0 Å². The molecule has 1 heterocycles. The lowest BCUT2D eigenvalue weighted by Gasteiger charge is -2.17. The lowest BCUT2D eigenvalue weighted by Crippen LogP contribution is -2.22. The van der Waals surface area contributed by atoms with Gasteiger partial charge < -0.3 is 5.32 Å². The van der Waals surface area contributed by atoms with Crippen LogP contribution in [0.15, 0.2) is 35.7 Å². The number of benzene rings is 1. The fourth-order valence-electron chi connectivity index (χ4n) is 1.96. The van der Waals surface area contributed by atoms with Crippen LogP contribution in [-0.4, -0.2) is 6.54 Å². The highest BCUT2D eigenvalue weighted by Crippen LogP contribution is 2.25. The van der Waals surface area contributed by atoms with Crippen LogP contribution in [0.2, 0.25) is 5.02 Å². The Kier molecular flexibility index (Phi) is 5.48. The van der Waals surface area contributed by atoms with E-state index in [0.717, 1.165) is 18.0 Å². The summed E-state index contributed by atoms with van der Waals surface area (Å²) < 4.78 is 1.33. The first kappa shape index (κ1) is 14.3. The van der Waals surface area contributed by atoms with E-state index in [1.807, 2.05) is 18.2 Å². The highest BCUT2D eigenvalue weighted by molar-refractivity contribution is 14.1. The molecule has 0 spiro atoms. The molecule has 0 bridgehead atoms. The van der Waals surface area contributed by atoms with Crippen LogP contribution in [0.25, 0.3) is 0 Å². The molecule has 0 aliphatic heterocycles. The van der Waals surface area contributed by atoms with Gasteiger partial charge in [0, 0.05) is 11.1 Å². The van der Waals surface area contributed by atoms with Crippen molar-refractivity contribution < 1.29 is 0 Å². The summed E-state index contributed by atoms with van der Waals surface area (Å²) >= 11 is 10.2. The van der Waals surface area contributed by atoms with Gasteiger partial charge in [-0.25, -0.2) is 0 Å². The summed E-state index contributed by atoms with van der Waals surface area (Å²) in [6.45, 7) is 3.11. The zero-order valence-corrected chi connectivity index (χ0v) is 13.8. The normalized spacial score (nSPS) is 12.6. The zero-order valence-electron chi connectivity index (χ0n) is 10.1. The van der Waals surface area contributed by atoms with Gasteiger partial charge in [0.1, 0.15) is 0 Å². The summed E-state index contributed by atoms with van der Waals surface area (Å²) in [5.74, 6) is 0. The summed E-state index contributed by atoms with van der Waals surface area (Å²) in [5, 5.41) is 6.58. The number of nitrogens with one attached hydrogen (secondary N) is 1. The van der Waals surface area contributed by atoms with Crippen LogP contribution in [0.1, 0.15) is 24.1 Å². The highest BCUT2D eigenvalue weighted by atomic mass is 127. The molecule has 1 aromatic carbocycles. The van der Waals surface area contributed by atoms with Crippen molar-refractivity contribution in [3.8, 4) is 0 Å². The molecule has 0 saturated carbocycles. The monoisotopic (exact) mass is 391 g/mol. The van der Waals surface area contributed by atoms with Crippen molar-refractivity contribution in [3.05, 3.63) is 54.7 Å². The first-order valence-corrected chi connectivity index (χ1v) is 8.24. The Bertz CT molecular complexity index is 512. The Balaban J connectivity index is 2.16. The molecule has 2 rings (SSSR count). The standard InChI is InChI=1S/C14H15ClINS/c1-2-17-13(11-8-14(16)18-9-11)7-10-4-3-5-12(15)6-10/h3-6,8-9,13,17H,2,7H2,1H3. The Morgan fingerprint density at radius 1 is 1.39 bits per heavy atom. The minimum atomic E-state index is 0.369. The zero-order chi connectivity index (χ0) is 13.0. The van der Waals surface area contributed by atoms with E-state index < -0.39 is 0 Å². The lowest BCUT2D eigenvalue weighted by molar-refractivity contribution is 0.551. The fourth-order valence-corrected chi connectivity index (χ4v) is 3.60. The highest BCUT2D eigenvalue weighted by Gasteiger charge is 2.12. The molecule has 0 fully saturated rings. The summed E-state index contributed by atoms with van der Waals surface area (Å²) in [4.78, 5) is 0. The fraction of sp³-hybridized carbons (Fsp3) is 0.286. The average molecular weight is 392 g/mol. The third-order valence-corrected chi connectivity index (χ3v) is 4.81. The number of hydrogen-bond acceptors (Lipinski definition) is 2. The van der Waals surface area contributed by atoms with Crippen LogP contribution in [0.3, 0.4) is 0 Å². The smallest absolute Gasteiger partial charge is 0.0656 e. The van der Waals surface area contributed by atoms with E-state index in [0.29, 0.717) is 6.04 Å². The van der Waals surface area contributed by atoms with Crippen molar-refractivity contribution in [3.63, 3.8) is 0 Å². The van der Waals surface area contributed by atoms with Crippen molar-refractivity contribution in [1.29, 1.82) is 0 Å². The van der Waals surface area contributed by atoms with Gasteiger partial charge in [0.2, 0.25) is 0 Å². The summed E-state index contributed by atoms with van der Waals surface area (Å²) in [7, 11) is 0. The molecule has 0 aliphatic rings. The second-order valence-corrected chi connectivity index (χ2v) is 7.37. The first-order valence-electron chi connectivity index (χ1n) is 5.90. The molecule has 0 radical (unpaired) electrons. The Hall–Kier alpha value is -0.100. The Morgan fingerprint density at radius 2 is 2.22 bits per heavy atom. The summed E-state index contributed by atoms with van der Waals surface area (Å²) in [5.41, 5.74) is 2.64. The van der Waals surface area contributed by atoms with Crippen LogP contribution in [0.5, 0.6) is 0 Å². The van der Waals surface area contributed by atoms with Crippen LogP contribution in [0, 0.1) is 2.88 Å². The number of halogens is 2. The molecule has 1 atom stereocenters. The van der Waals surface area contributed by atoms with E-state index in [9.17, 15) is 0 Å². The number of rotatable bonds is 5. The molecule has 1 unspecified atom stereocenters. The number of hydrogen-bond donors (Lipinski definition) is 1. The molecule has 1 aromatic heterocycles. The third kappa shape index (κ3) is 3.95. The molecule has 0 aliphatic carbocycles. The van der Waals surface area contributed by atoms with Crippen LogP contribution < -0.4 is 5.32 Å². The SMILES string of the molecule is CCNC(Cc1cccc(Cl)c1)c1csc(I)c1. The quantitative estimate of drug-likeness (QED) is 0.715. The molecule has 18 heavy (non-hydrogen) atoms. The van der Waals surface area contributed by atoms with Gasteiger partial charge >= 0.3 is 0 Å². The molecule has 0 saturated heterocycles. The molecule has 1 N–H and O–H groups in total. The Morgan fingerprint density at radius 3 is 2.83 bits per heavy atom. The van der Waals surface area contributed by atoms with Gasteiger partial charge in [-0.2, -0.15) is 0 Å². The lowest BCUT2D eigenvalue weighted by atomic mass is 10.0. The van der Waals surface area contributed by atoms with Crippen LogP contribution in [-0.2, 0) is 6.42 Å². The minimum Gasteiger partial charge on any atom is -0.310 e. The van der Waals surface area contributed by atoms with Crippen molar-refractivity contribution >= 4 is 45.5 Å². The second kappa shape index (κ2) is 6.89.